The van der Waals surface area contributed by atoms with E-state index in [0.717, 1.165) is 28.0 Å². The third kappa shape index (κ3) is 4.88. The van der Waals surface area contributed by atoms with Gasteiger partial charge in [-0.3, -0.25) is 23.9 Å². The number of aromatic nitrogens is 2. The van der Waals surface area contributed by atoms with Crippen LogP contribution in [0.4, 0.5) is 8.78 Å². The monoisotopic (exact) mass is 436 g/mol. The zero-order valence-corrected chi connectivity index (χ0v) is 16.7. The summed E-state index contributed by atoms with van der Waals surface area (Å²) in [6.45, 7) is 0.187. The van der Waals surface area contributed by atoms with Crippen LogP contribution in [0, 0.1) is 0 Å². The predicted octanol–water partition coefficient (Wildman–Crippen LogP) is -0.205. The summed E-state index contributed by atoms with van der Waals surface area (Å²) in [4.78, 5) is 50.9. The number of fused-ring (bicyclic) bond motifs is 1. The van der Waals surface area contributed by atoms with Crippen LogP contribution in [0.1, 0.15) is 24.1 Å². The molecule has 1 aromatic heterocycles. The van der Waals surface area contributed by atoms with Crippen LogP contribution in [0.2, 0.25) is 0 Å². The average molecular weight is 436 g/mol. The van der Waals surface area contributed by atoms with Crippen molar-refractivity contribution in [2.45, 2.75) is 38.0 Å². The molecule has 0 saturated heterocycles. The molecule has 0 aliphatic carbocycles. The van der Waals surface area contributed by atoms with Gasteiger partial charge in [0, 0.05) is 25.4 Å². The normalized spacial score (nSPS) is 17.4. The summed E-state index contributed by atoms with van der Waals surface area (Å²) in [5.74, 6) is -6.09. The molecular weight excluding hydrogens is 414 g/mol. The molecule has 0 fully saturated rings. The standard InChI is InChI=1S/C20H22F2N4O5/c1-12(27)20(21,22)18(30)25-8-6-13-4-2-3-5-14(13)15(10-25)23-17(29)11-26-9-7-16(28)24-19(26)31/h2-5,7,9,12,15,27H,6,8,10-11H2,1H3,(H,23,29)(H,24,28,31). The van der Waals surface area contributed by atoms with Gasteiger partial charge in [-0.15, -0.1) is 0 Å². The number of halogens is 2. The number of carbonyl (C=O) groups excluding carboxylic acids is 2. The zero-order valence-electron chi connectivity index (χ0n) is 16.7. The van der Waals surface area contributed by atoms with E-state index in [-0.39, 0.29) is 13.1 Å². The maximum atomic E-state index is 14.1. The maximum Gasteiger partial charge on any atom is 0.349 e. The van der Waals surface area contributed by atoms with E-state index >= 15 is 0 Å². The van der Waals surface area contributed by atoms with Gasteiger partial charge < -0.3 is 15.3 Å². The van der Waals surface area contributed by atoms with E-state index in [9.17, 15) is 33.1 Å². The molecule has 2 aromatic rings. The lowest BCUT2D eigenvalue weighted by atomic mass is 9.99. The third-order valence-electron chi connectivity index (χ3n) is 5.13. The van der Waals surface area contributed by atoms with Crippen molar-refractivity contribution >= 4 is 11.8 Å². The number of aliphatic hydroxyl groups is 1. The first-order chi connectivity index (χ1) is 14.6. The van der Waals surface area contributed by atoms with Gasteiger partial charge in [0.15, 0.2) is 0 Å². The minimum Gasteiger partial charge on any atom is -0.387 e. The second-order valence-electron chi connectivity index (χ2n) is 7.36. The second-order valence-corrected chi connectivity index (χ2v) is 7.36. The summed E-state index contributed by atoms with van der Waals surface area (Å²) in [6.07, 6.45) is -0.699. The lowest BCUT2D eigenvalue weighted by Gasteiger charge is -2.30. The molecule has 3 N–H and O–H groups in total. The zero-order chi connectivity index (χ0) is 22.8. The summed E-state index contributed by atoms with van der Waals surface area (Å²) in [6, 6.07) is 7.29. The predicted molar refractivity (Wildman–Crippen MR) is 106 cm³/mol. The van der Waals surface area contributed by atoms with E-state index in [0.29, 0.717) is 12.0 Å². The summed E-state index contributed by atoms with van der Waals surface area (Å²) >= 11 is 0. The number of H-pyrrole nitrogens is 1. The van der Waals surface area contributed by atoms with Crippen molar-refractivity contribution in [1.29, 1.82) is 0 Å². The van der Waals surface area contributed by atoms with Crippen molar-refractivity contribution in [2.75, 3.05) is 13.1 Å². The minimum atomic E-state index is -3.96. The number of nitrogens with one attached hydrogen (secondary N) is 2. The van der Waals surface area contributed by atoms with Crippen molar-refractivity contribution < 1.29 is 23.5 Å². The molecule has 31 heavy (non-hydrogen) atoms. The summed E-state index contributed by atoms with van der Waals surface area (Å²) in [5.41, 5.74) is 0.0786. The van der Waals surface area contributed by atoms with Gasteiger partial charge >= 0.3 is 11.6 Å². The number of carbonyl (C=O) groups is 2. The van der Waals surface area contributed by atoms with Gasteiger partial charge in [-0.25, -0.2) is 4.79 Å². The number of aromatic amines is 1. The van der Waals surface area contributed by atoms with E-state index in [1.54, 1.807) is 24.3 Å². The van der Waals surface area contributed by atoms with Crippen LogP contribution in [0.15, 0.2) is 46.1 Å². The molecule has 2 unspecified atom stereocenters. The van der Waals surface area contributed by atoms with Crippen LogP contribution in [0.25, 0.3) is 0 Å². The number of hydrogen-bond donors (Lipinski definition) is 3. The van der Waals surface area contributed by atoms with Crippen LogP contribution in [-0.4, -0.2) is 56.5 Å². The average Bonchev–Trinajstić information content (AvgIpc) is 2.89. The first-order valence-electron chi connectivity index (χ1n) is 9.61. The van der Waals surface area contributed by atoms with E-state index < -0.39 is 47.7 Å². The van der Waals surface area contributed by atoms with Crippen LogP contribution < -0.4 is 16.6 Å². The molecule has 1 aliphatic rings. The Hall–Kier alpha value is -3.34. The molecule has 3 rings (SSSR count). The first-order valence-corrected chi connectivity index (χ1v) is 9.61. The number of amides is 2. The molecule has 2 heterocycles. The Bertz CT molecular complexity index is 1100. The SMILES string of the molecule is CC(O)C(F)(F)C(=O)N1CCc2ccccc2C(NC(=O)Cn2ccc(=O)[nH]c2=O)C1. The molecule has 0 saturated carbocycles. The number of aliphatic hydroxyl groups excluding tert-OH is 1. The number of rotatable bonds is 5. The maximum absolute atomic E-state index is 14.1. The van der Waals surface area contributed by atoms with Crippen LogP contribution in [0.5, 0.6) is 0 Å². The van der Waals surface area contributed by atoms with Gasteiger partial charge in [0.1, 0.15) is 12.6 Å². The lowest BCUT2D eigenvalue weighted by molar-refractivity contribution is -0.173. The Balaban J connectivity index is 1.84. The van der Waals surface area contributed by atoms with Crippen molar-refractivity contribution in [3.63, 3.8) is 0 Å². The van der Waals surface area contributed by atoms with Gasteiger partial charge in [-0.05, 0) is 24.5 Å². The molecule has 1 aromatic carbocycles. The van der Waals surface area contributed by atoms with E-state index in [1.807, 2.05) is 4.98 Å². The summed E-state index contributed by atoms with van der Waals surface area (Å²) in [5, 5.41) is 12.0. The highest BCUT2D eigenvalue weighted by Crippen LogP contribution is 2.28. The Kier molecular flexibility index (Phi) is 6.34. The molecular formula is C20H22F2N4O5. The molecule has 11 heteroatoms. The van der Waals surface area contributed by atoms with Gasteiger partial charge in [0.2, 0.25) is 5.91 Å². The highest BCUT2D eigenvalue weighted by Gasteiger charge is 2.47. The van der Waals surface area contributed by atoms with E-state index in [1.165, 1.54) is 6.20 Å². The molecule has 2 amide bonds. The molecule has 0 bridgehead atoms. The number of nitrogens with zero attached hydrogens (tertiary/aromatic N) is 2. The van der Waals surface area contributed by atoms with Gasteiger partial charge in [0.25, 0.3) is 11.5 Å². The molecule has 9 nitrogen and oxygen atoms in total. The summed E-state index contributed by atoms with van der Waals surface area (Å²) in [7, 11) is 0. The largest absolute Gasteiger partial charge is 0.387 e. The fraction of sp³-hybridized carbons (Fsp3) is 0.400. The van der Waals surface area contributed by atoms with Crippen LogP contribution in [0.3, 0.4) is 0 Å². The first kappa shape index (κ1) is 22.3. The van der Waals surface area contributed by atoms with Crippen molar-refractivity contribution in [3.05, 3.63) is 68.5 Å². The van der Waals surface area contributed by atoms with E-state index in [2.05, 4.69) is 5.32 Å². The molecule has 0 spiro atoms. The van der Waals surface area contributed by atoms with Gasteiger partial charge in [0.05, 0.1) is 6.04 Å². The highest BCUT2D eigenvalue weighted by molar-refractivity contribution is 5.84. The highest BCUT2D eigenvalue weighted by atomic mass is 19.3. The number of benzene rings is 1. The van der Waals surface area contributed by atoms with Crippen LogP contribution >= 0.6 is 0 Å². The second kappa shape index (κ2) is 8.80. The number of alkyl halides is 2. The topological polar surface area (TPSA) is 124 Å². The Labute approximate surface area is 175 Å². The lowest BCUT2D eigenvalue weighted by Crippen LogP contribution is -2.51. The Morgan fingerprint density at radius 1 is 1.29 bits per heavy atom. The van der Waals surface area contributed by atoms with Gasteiger partial charge in [-0.1, -0.05) is 24.3 Å². The Morgan fingerprint density at radius 2 is 2.00 bits per heavy atom. The van der Waals surface area contributed by atoms with Crippen molar-refractivity contribution in [2.24, 2.45) is 0 Å². The van der Waals surface area contributed by atoms with E-state index in [4.69, 9.17) is 0 Å². The number of hydrogen-bond acceptors (Lipinski definition) is 5. The van der Waals surface area contributed by atoms with Crippen molar-refractivity contribution in [1.82, 2.24) is 19.8 Å². The molecule has 166 valence electrons. The Morgan fingerprint density at radius 3 is 2.68 bits per heavy atom. The quantitative estimate of drug-likeness (QED) is 0.599. The molecule has 0 radical (unpaired) electrons. The molecule has 1 aliphatic heterocycles. The van der Waals surface area contributed by atoms with Crippen LogP contribution in [-0.2, 0) is 22.6 Å². The molecule has 2 atom stereocenters. The minimum absolute atomic E-state index is 0.0100. The fourth-order valence-corrected chi connectivity index (χ4v) is 3.43. The fourth-order valence-electron chi connectivity index (χ4n) is 3.43. The smallest absolute Gasteiger partial charge is 0.349 e. The van der Waals surface area contributed by atoms with Crippen molar-refractivity contribution in [3.8, 4) is 0 Å². The summed E-state index contributed by atoms with van der Waals surface area (Å²) < 4.78 is 29.3. The van der Waals surface area contributed by atoms with Gasteiger partial charge in [-0.2, -0.15) is 8.78 Å². The third-order valence-corrected chi connectivity index (χ3v) is 5.13.